The Morgan fingerprint density at radius 2 is 2.21 bits per heavy atom. The molecular weight excluding hydrogens is 269 g/mol. The Bertz CT molecular complexity index is 569. The van der Waals surface area contributed by atoms with E-state index in [4.69, 9.17) is 0 Å². The second kappa shape index (κ2) is 6.47. The number of hydrogen-bond acceptors (Lipinski definition) is 3. The molecule has 1 aromatic rings. The van der Waals surface area contributed by atoms with Gasteiger partial charge in [-0.2, -0.15) is 0 Å². The van der Waals surface area contributed by atoms with E-state index in [9.17, 15) is 17.6 Å². The van der Waals surface area contributed by atoms with E-state index in [-0.39, 0.29) is 12.3 Å². The third kappa shape index (κ3) is 4.48. The van der Waals surface area contributed by atoms with Crippen LogP contribution in [0.3, 0.4) is 0 Å². The molecule has 0 radical (unpaired) electrons. The van der Waals surface area contributed by atoms with Crippen LogP contribution in [0.1, 0.15) is 12.5 Å². The summed E-state index contributed by atoms with van der Waals surface area (Å²) in [5.41, 5.74) is 0.323. The van der Waals surface area contributed by atoms with Crippen LogP contribution in [-0.4, -0.2) is 26.1 Å². The number of carbonyl (C=O) groups is 1. The van der Waals surface area contributed by atoms with Gasteiger partial charge in [-0.1, -0.05) is 18.2 Å². The van der Waals surface area contributed by atoms with Crippen molar-refractivity contribution in [1.29, 1.82) is 0 Å². The molecule has 0 aliphatic carbocycles. The number of sulfone groups is 1. The van der Waals surface area contributed by atoms with Crippen molar-refractivity contribution in [3.05, 3.63) is 48.3 Å². The van der Waals surface area contributed by atoms with Gasteiger partial charge in [-0.25, -0.2) is 12.8 Å². The molecule has 1 N–H and O–H groups in total. The number of halogens is 1. The Labute approximate surface area is 112 Å². The van der Waals surface area contributed by atoms with E-state index in [2.05, 4.69) is 11.9 Å². The van der Waals surface area contributed by atoms with Gasteiger partial charge in [0.15, 0.2) is 9.84 Å². The van der Waals surface area contributed by atoms with E-state index in [0.717, 1.165) is 6.07 Å². The molecule has 1 atom stereocenters. The van der Waals surface area contributed by atoms with Crippen LogP contribution in [0.15, 0.2) is 36.9 Å². The third-order valence-electron chi connectivity index (χ3n) is 2.59. The van der Waals surface area contributed by atoms with Gasteiger partial charge < -0.3 is 5.32 Å². The fraction of sp³-hybridized carbons (Fsp3) is 0.308. The fourth-order valence-electron chi connectivity index (χ4n) is 1.46. The zero-order valence-corrected chi connectivity index (χ0v) is 11.4. The van der Waals surface area contributed by atoms with Crippen molar-refractivity contribution in [2.45, 2.75) is 17.9 Å². The quantitative estimate of drug-likeness (QED) is 0.804. The molecule has 0 spiro atoms. The zero-order valence-electron chi connectivity index (χ0n) is 10.6. The Morgan fingerprint density at radius 3 is 2.79 bits per heavy atom. The van der Waals surface area contributed by atoms with Crippen LogP contribution >= 0.6 is 0 Å². The summed E-state index contributed by atoms with van der Waals surface area (Å²) in [7, 11) is -3.67. The van der Waals surface area contributed by atoms with Crippen LogP contribution in [0, 0.1) is 5.82 Å². The molecule has 1 unspecified atom stereocenters. The maximum Gasteiger partial charge on any atom is 0.238 e. The summed E-state index contributed by atoms with van der Waals surface area (Å²) in [4.78, 5) is 11.6. The lowest BCUT2D eigenvalue weighted by Crippen LogP contribution is -2.38. The van der Waals surface area contributed by atoms with Gasteiger partial charge in [0.1, 0.15) is 11.1 Å². The van der Waals surface area contributed by atoms with Crippen LogP contribution in [0.2, 0.25) is 0 Å². The Kier molecular flexibility index (Phi) is 5.23. The Morgan fingerprint density at radius 1 is 1.53 bits per heavy atom. The van der Waals surface area contributed by atoms with Gasteiger partial charge in [0.2, 0.25) is 5.91 Å². The number of amides is 1. The highest BCUT2D eigenvalue weighted by atomic mass is 32.2. The molecule has 1 aromatic carbocycles. The molecule has 0 heterocycles. The molecule has 0 fully saturated rings. The third-order valence-corrected chi connectivity index (χ3v) is 4.61. The smallest absolute Gasteiger partial charge is 0.238 e. The molecule has 1 amide bonds. The normalized spacial score (nSPS) is 12.7. The minimum absolute atomic E-state index is 0.207. The van der Waals surface area contributed by atoms with Gasteiger partial charge >= 0.3 is 0 Å². The maximum absolute atomic E-state index is 13.0. The first-order valence-corrected chi connectivity index (χ1v) is 7.43. The molecule has 0 aliphatic rings. The second-order valence-electron chi connectivity index (χ2n) is 4.11. The highest BCUT2D eigenvalue weighted by Crippen LogP contribution is 2.12. The van der Waals surface area contributed by atoms with Crippen LogP contribution in [-0.2, 0) is 20.4 Å². The van der Waals surface area contributed by atoms with Crippen molar-refractivity contribution >= 4 is 15.7 Å². The van der Waals surface area contributed by atoms with Crippen molar-refractivity contribution in [3.8, 4) is 0 Å². The summed E-state index contributed by atoms with van der Waals surface area (Å²) in [5, 5.41) is 1.24. The van der Waals surface area contributed by atoms with Crippen LogP contribution in [0.5, 0.6) is 0 Å². The van der Waals surface area contributed by atoms with Crippen molar-refractivity contribution in [3.63, 3.8) is 0 Å². The van der Waals surface area contributed by atoms with E-state index in [1.165, 1.54) is 31.2 Å². The molecular formula is C13H16FNO3S. The lowest BCUT2D eigenvalue weighted by atomic mass is 10.2. The van der Waals surface area contributed by atoms with Crippen LogP contribution in [0.4, 0.5) is 4.39 Å². The summed E-state index contributed by atoms with van der Waals surface area (Å²) < 4.78 is 37.0. The monoisotopic (exact) mass is 285 g/mol. The predicted octanol–water partition coefficient (Wildman–Crippen LogP) is 1.43. The standard InChI is InChI=1S/C13H16FNO3S/c1-3-7-15-13(16)10(2)19(17,18)9-11-5-4-6-12(14)8-11/h3-6,8,10H,1,7,9H2,2H3,(H,15,16). The highest BCUT2D eigenvalue weighted by Gasteiger charge is 2.27. The molecule has 0 bridgehead atoms. The molecule has 0 aromatic heterocycles. The van der Waals surface area contributed by atoms with Gasteiger partial charge in [0.25, 0.3) is 0 Å². The Hall–Kier alpha value is -1.69. The topological polar surface area (TPSA) is 63.2 Å². The fourth-order valence-corrected chi connectivity index (χ4v) is 2.77. The summed E-state index contributed by atoms with van der Waals surface area (Å²) in [6.45, 7) is 4.95. The highest BCUT2D eigenvalue weighted by molar-refractivity contribution is 7.92. The average Bonchev–Trinajstić information content (AvgIpc) is 2.34. The average molecular weight is 285 g/mol. The van der Waals surface area contributed by atoms with Crippen molar-refractivity contribution < 1.29 is 17.6 Å². The summed E-state index contributed by atoms with van der Waals surface area (Å²) in [5.74, 6) is -1.46. The van der Waals surface area contributed by atoms with E-state index in [1.807, 2.05) is 0 Å². The van der Waals surface area contributed by atoms with E-state index in [1.54, 1.807) is 0 Å². The van der Waals surface area contributed by atoms with Crippen LogP contribution < -0.4 is 5.32 Å². The lowest BCUT2D eigenvalue weighted by molar-refractivity contribution is -0.120. The number of rotatable bonds is 6. The largest absolute Gasteiger partial charge is 0.352 e. The van der Waals surface area contributed by atoms with Gasteiger partial charge in [-0.05, 0) is 24.6 Å². The van der Waals surface area contributed by atoms with Crippen molar-refractivity contribution in [1.82, 2.24) is 5.32 Å². The minimum atomic E-state index is -3.67. The molecule has 19 heavy (non-hydrogen) atoms. The van der Waals surface area contributed by atoms with E-state index in [0.29, 0.717) is 5.56 Å². The van der Waals surface area contributed by atoms with Gasteiger partial charge in [-0.15, -0.1) is 6.58 Å². The zero-order chi connectivity index (χ0) is 14.5. The first-order valence-electron chi connectivity index (χ1n) is 5.71. The molecule has 1 rings (SSSR count). The predicted molar refractivity (Wildman–Crippen MR) is 71.7 cm³/mol. The first kappa shape index (κ1) is 15.4. The minimum Gasteiger partial charge on any atom is -0.352 e. The van der Waals surface area contributed by atoms with Gasteiger partial charge in [0, 0.05) is 6.54 Å². The molecule has 0 saturated carbocycles. The number of carbonyl (C=O) groups excluding carboxylic acids is 1. The summed E-state index contributed by atoms with van der Waals surface area (Å²) in [6, 6.07) is 5.32. The summed E-state index contributed by atoms with van der Waals surface area (Å²) in [6.07, 6.45) is 1.46. The van der Waals surface area contributed by atoms with Crippen LogP contribution in [0.25, 0.3) is 0 Å². The SMILES string of the molecule is C=CCNC(=O)C(C)S(=O)(=O)Cc1cccc(F)c1. The maximum atomic E-state index is 13.0. The van der Waals surface area contributed by atoms with Gasteiger partial charge in [-0.3, -0.25) is 4.79 Å². The number of hydrogen-bond donors (Lipinski definition) is 1. The van der Waals surface area contributed by atoms with E-state index >= 15 is 0 Å². The van der Waals surface area contributed by atoms with Crippen molar-refractivity contribution in [2.75, 3.05) is 6.54 Å². The molecule has 6 heteroatoms. The van der Waals surface area contributed by atoms with Crippen molar-refractivity contribution in [2.24, 2.45) is 0 Å². The van der Waals surface area contributed by atoms with Gasteiger partial charge in [0.05, 0.1) is 5.75 Å². The lowest BCUT2D eigenvalue weighted by Gasteiger charge is -2.12. The number of nitrogens with one attached hydrogen (secondary N) is 1. The number of benzene rings is 1. The molecule has 0 aliphatic heterocycles. The first-order chi connectivity index (χ1) is 8.86. The van der Waals surface area contributed by atoms with E-state index < -0.39 is 26.8 Å². The second-order valence-corrected chi connectivity index (χ2v) is 6.43. The molecule has 0 saturated heterocycles. The summed E-state index contributed by atoms with van der Waals surface area (Å²) >= 11 is 0. The molecule has 4 nitrogen and oxygen atoms in total. The molecule has 104 valence electrons. The Balaban J connectivity index is 2.80.